The van der Waals surface area contributed by atoms with Crippen LogP contribution in [-0.4, -0.2) is 46.9 Å². The van der Waals surface area contributed by atoms with Crippen LogP contribution in [0.15, 0.2) is 72.6 Å². The number of anilines is 1. The van der Waals surface area contributed by atoms with Crippen molar-refractivity contribution >= 4 is 23.1 Å². The van der Waals surface area contributed by atoms with Gasteiger partial charge in [-0.2, -0.15) is 0 Å². The lowest BCUT2D eigenvalue weighted by atomic mass is 9.93. The average Bonchev–Trinajstić information content (AvgIpc) is 3.14. The number of Topliss-reactive ketones (excluding diaryl/α,β-unsaturated/α-hetero) is 1. The Kier molecular flexibility index (Phi) is 6.22. The molecule has 0 aliphatic carbocycles. The quantitative estimate of drug-likeness (QED) is 0.323. The summed E-state index contributed by atoms with van der Waals surface area (Å²) < 4.78 is 5.72. The number of ether oxygens (including phenoxy) is 1. The number of amides is 1. The van der Waals surface area contributed by atoms with E-state index in [0.717, 1.165) is 34.7 Å². The van der Waals surface area contributed by atoms with E-state index in [4.69, 9.17) is 4.74 Å². The highest BCUT2D eigenvalue weighted by molar-refractivity contribution is 6.46. The fourth-order valence-electron chi connectivity index (χ4n) is 4.79. The zero-order valence-electron chi connectivity index (χ0n) is 20.6. The first-order valence-electron chi connectivity index (χ1n) is 12.1. The summed E-state index contributed by atoms with van der Waals surface area (Å²) >= 11 is 0. The molecule has 0 radical (unpaired) electrons. The molecule has 36 heavy (non-hydrogen) atoms. The normalized spacial score (nSPS) is 18.9. The van der Waals surface area contributed by atoms with Crippen molar-refractivity contribution in [1.29, 1.82) is 0 Å². The van der Waals surface area contributed by atoms with Gasteiger partial charge in [0.1, 0.15) is 18.1 Å². The number of ketones is 1. The molecule has 2 aliphatic rings. The van der Waals surface area contributed by atoms with Crippen molar-refractivity contribution in [1.82, 2.24) is 9.88 Å². The third-order valence-electron chi connectivity index (χ3n) is 6.86. The first-order valence-corrected chi connectivity index (χ1v) is 12.1. The molecular formula is C29H29N3O4. The molecule has 3 aromatic rings. The van der Waals surface area contributed by atoms with Gasteiger partial charge in [0.15, 0.2) is 0 Å². The Balaban J connectivity index is 1.63. The maximum atomic E-state index is 13.4. The van der Waals surface area contributed by atoms with Crippen LogP contribution in [0.2, 0.25) is 0 Å². The molecule has 1 unspecified atom stereocenters. The third kappa shape index (κ3) is 4.21. The third-order valence-corrected chi connectivity index (χ3v) is 6.86. The molecule has 5 rings (SSSR count). The number of nitrogens with zero attached hydrogens (tertiary/aromatic N) is 3. The van der Waals surface area contributed by atoms with Crippen molar-refractivity contribution in [2.45, 2.75) is 32.4 Å². The average molecular weight is 484 g/mol. The Morgan fingerprint density at radius 2 is 1.92 bits per heavy atom. The number of hydrogen-bond donors (Lipinski definition) is 1. The van der Waals surface area contributed by atoms with Crippen LogP contribution in [0.25, 0.3) is 5.76 Å². The zero-order valence-corrected chi connectivity index (χ0v) is 20.6. The molecule has 1 atom stereocenters. The first kappa shape index (κ1) is 23.6. The zero-order chi connectivity index (χ0) is 25.4. The highest BCUT2D eigenvalue weighted by Gasteiger charge is 2.46. The van der Waals surface area contributed by atoms with E-state index in [1.54, 1.807) is 36.7 Å². The van der Waals surface area contributed by atoms with Crippen LogP contribution < -0.4 is 9.64 Å². The fraction of sp³-hybridized carbons (Fsp3) is 0.276. The summed E-state index contributed by atoms with van der Waals surface area (Å²) in [7, 11) is 1.95. The van der Waals surface area contributed by atoms with Gasteiger partial charge in [-0.1, -0.05) is 44.2 Å². The van der Waals surface area contributed by atoms with Crippen LogP contribution in [0.3, 0.4) is 0 Å². The molecule has 1 saturated heterocycles. The van der Waals surface area contributed by atoms with Gasteiger partial charge < -0.3 is 19.6 Å². The van der Waals surface area contributed by atoms with Crippen LogP contribution in [0.4, 0.5) is 5.69 Å². The Morgan fingerprint density at radius 1 is 1.14 bits per heavy atom. The summed E-state index contributed by atoms with van der Waals surface area (Å²) in [6.45, 7) is 5.72. The van der Waals surface area contributed by atoms with Crippen molar-refractivity contribution in [3.8, 4) is 5.75 Å². The number of aliphatic hydroxyl groups is 1. The van der Waals surface area contributed by atoms with Gasteiger partial charge in [0.25, 0.3) is 11.7 Å². The molecule has 0 spiro atoms. The number of pyridine rings is 1. The Bertz CT molecular complexity index is 1330. The number of benzene rings is 2. The molecule has 3 heterocycles. The molecule has 0 bridgehead atoms. The second-order valence-corrected chi connectivity index (χ2v) is 9.56. The van der Waals surface area contributed by atoms with Crippen LogP contribution in [0, 0.1) is 0 Å². The van der Waals surface area contributed by atoms with E-state index in [0.29, 0.717) is 18.1 Å². The number of aromatic nitrogens is 1. The fourth-order valence-corrected chi connectivity index (χ4v) is 4.79. The van der Waals surface area contributed by atoms with Crippen molar-refractivity contribution < 1.29 is 19.4 Å². The number of aliphatic hydroxyl groups excluding tert-OH is 1. The van der Waals surface area contributed by atoms with E-state index >= 15 is 0 Å². The van der Waals surface area contributed by atoms with Gasteiger partial charge in [-0.3, -0.25) is 14.6 Å². The molecule has 1 amide bonds. The number of fused-ring (bicyclic) bond motifs is 1. The topological polar surface area (TPSA) is 83.0 Å². The van der Waals surface area contributed by atoms with Gasteiger partial charge in [0.05, 0.1) is 23.8 Å². The van der Waals surface area contributed by atoms with Crippen molar-refractivity contribution in [3.05, 3.63) is 94.8 Å². The van der Waals surface area contributed by atoms with Gasteiger partial charge >= 0.3 is 0 Å². The van der Waals surface area contributed by atoms with Crippen LogP contribution in [-0.2, 0) is 16.1 Å². The predicted molar refractivity (Wildman–Crippen MR) is 138 cm³/mol. The molecule has 2 aliphatic heterocycles. The predicted octanol–water partition coefficient (Wildman–Crippen LogP) is 4.66. The highest BCUT2D eigenvalue weighted by atomic mass is 16.5. The SMILES string of the molecule is CC(C)c1ccc(C2/C(=C(/O)c3ccc4c(c3)N(C)CCO4)C(=O)C(=O)N2Cc2cccnc2)cc1. The van der Waals surface area contributed by atoms with Gasteiger partial charge in [-0.05, 0) is 46.9 Å². The number of likely N-dealkylation sites (tertiary alicyclic amines) is 1. The lowest BCUT2D eigenvalue weighted by molar-refractivity contribution is -0.140. The van der Waals surface area contributed by atoms with Gasteiger partial charge in [-0.15, -0.1) is 0 Å². The van der Waals surface area contributed by atoms with E-state index in [1.165, 1.54) is 4.90 Å². The van der Waals surface area contributed by atoms with Crippen LogP contribution in [0.5, 0.6) is 5.75 Å². The van der Waals surface area contributed by atoms with Crippen LogP contribution in [0.1, 0.15) is 48.1 Å². The molecule has 1 N–H and O–H groups in total. The Labute approximate surface area is 210 Å². The first-order chi connectivity index (χ1) is 17.3. The molecule has 2 aromatic carbocycles. The number of carbonyl (C=O) groups is 2. The molecule has 184 valence electrons. The molecule has 1 fully saturated rings. The van der Waals surface area contributed by atoms with Crippen molar-refractivity contribution in [2.24, 2.45) is 0 Å². The molecule has 1 aromatic heterocycles. The minimum Gasteiger partial charge on any atom is -0.507 e. The number of carbonyl (C=O) groups excluding carboxylic acids is 2. The number of rotatable bonds is 5. The lowest BCUT2D eigenvalue weighted by Gasteiger charge is -2.28. The summed E-state index contributed by atoms with van der Waals surface area (Å²) in [6.07, 6.45) is 3.34. The maximum absolute atomic E-state index is 13.4. The number of likely N-dealkylation sites (N-methyl/N-ethyl adjacent to an activating group) is 1. The standard InChI is InChI=1S/C29H29N3O4/c1-18(2)20-6-8-21(9-7-20)26-25(28(34)29(35)32(26)17-19-5-4-12-30-16-19)27(33)22-10-11-24-23(15-22)31(3)13-14-36-24/h4-12,15-16,18,26,33H,13-14,17H2,1-3H3/b27-25-. The second kappa shape index (κ2) is 9.49. The van der Waals surface area contributed by atoms with E-state index in [-0.39, 0.29) is 17.9 Å². The summed E-state index contributed by atoms with van der Waals surface area (Å²) in [5.41, 5.74) is 4.10. The smallest absolute Gasteiger partial charge is 0.295 e. The molecule has 7 nitrogen and oxygen atoms in total. The van der Waals surface area contributed by atoms with E-state index < -0.39 is 17.7 Å². The molecular weight excluding hydrogens is 454 g/mol. The van der Waals surface area contributed by atoms with E-state index in [2.05, 4.69) is 18.8 Å². The summed E-state index contributed by atoms with van der Waals surface area (Å²) in [5.74, 6) is -0.469. The summed E-state index contributed by atoms with van der Waals surface area (Å²) in [4.78, 5) is 34.4. The Hall–Kier alpha value is -4.13. The van der Waals surface area contributed by atoms with E-state index in [9.17, 15) is 14.7 Å². The lowest BCUT2D eigenvalue weighted by Crippen LogP contribution is -2.29. The number of hydrogen-bond acceptors (Lipinski definition) is 6. The molecule has 0 saturated carbocycles. The van der Waals surface area contributed by atoms with Gasteiger partial charge in [-0.25, -0.2) is 0 Å². The van der Waals surface area contributed by atoms with Gasteiger partial charge in [0.2, 0.25) is 0 Å². The highest BCUT2D eigenvalue weighted by Crippen LogP contribution is 2.42. The monoisotopic (exact) mass is 483 g/mol. The van der Waals surface area contributed by atoms with Gasteiger partial charge in [0, 0.05) is 31.5 Å². The van der Waals surface area contributed by atoms with Crippen molar-refractivity contribution in [3.63, 3.8) is 0 Å². The molecule has 7 heteroatoms. The van der Waals surface area contributed by atoms with Crippen LogP contribution >= 0.6 is 0 Å². The van der Waals surface area contributed by atoms with Crippen molar-refractivity contribution in [2.75, 3.05) is 25.1 Å². The maximum Gasteiger partial charge on any atom is 0.295 e. The van der Waals surface area contributed by atoms with E-state index in [1.807, 2.05) is 42.3 Å². The minimum atomic E-state index is -0.726. The summed E-state index contributed by atoms with van der Waals surface area (Å²) in [6, 6.07) is 16.1. The summed E-state index contributed by atoms with van der Waals surface area (Å²) in [5, 5.41) is 11.5. The largest absolute Gasteiger partial charge is 0.507 e. The second-order valence-electron chi connectivity index (χ2n) is 9.56. The minimum absolute atomic E-state index is 0.0838. The Morgan fingerprint density at radius 3 is 2.61 bits per heavy atom.